The molecule has 0 saturated carbocycles. The van der Waals surface area contributed by atoms with Gasteiger partial charge in [0.15, 0.2) is 0 Å². The first-order chi connectivity index (χ1) is 11.9. The molecule has 2 aromatic rings. The molecule has 1 amide bonds. The van der Waals surface area contributed by atoms with Crippen molar-refractivity contribution in [3.63, 3.8) is 0 Å². The van der Waals surface area contributed by atoms with Crippen LogP contribution in [0.5, 0.6) is 0 Å². The summed E-state index contributed by atoms with van der Waals surface area (Å²) in [6, 6.07) is 5.08. The molecule has 0 aromatic heterocycles. The summed E-state index contributed by atoms with van der Waals surface area (Å²) in [5.74, 6) is 1.24. The van der Waals surface area contributed by atoms with Gasteiger partial charge in [-0.1, -0.05) is 12.0 Å². The van der Waals surface area contributed by atoms with Crippen molar-refractivity contribution in [3.05, 3.63) is 64.2 Å². The minimum atomic E-state index is -5.03. The van der Waals surface area contributed by atoms with E-state index in [1.54, 1.807) is 13.0 Å². The van der Waals surface area contributed by atoms with Crippen molar-refractivity contribution < 1.29 is 31.1 Å². The van der Waals surface area contributed by atoms with Gasteiger partial charge in [0.2, 0.25) is 0 Å². The highest BCUT2D eigenvalue weighted by atomic mass is 19.4. The number of aryl methyl sites for hydroxylation is 1. The first kappa shape index (κ1) is 19.4. The standard InChI is InChI=1S/C18H11F6NO/c1-3-11-8-15(5-4-10(11)2)25-16(26)12-6-13(17(19,20)21)9-14(7-12)18(22,23)24/h1,4-9H,2H3,(H,25,26). The number of rotatable bonds is 2. The van der Waals surface area contributed by atoms with Crippen LogP contribution in [-0.4, -0.2) is 5.91 Å². The molecular formula is C18H11F6NO. The number of amides is 1. The lowest BCUT2D eigenvalue weighted by Crippen LogP contribution is -2.17. The summed E-state index contributed by atoms with van der Waals surface area (Å²) >= 11 is 0. The maximum atomic E-state index is 12.8. The SMILES string of the molecule is C#Cc1cc(NC(=O)c2cc(C(F)(F)F)cc(C(F)(F)F)c2)ccc1C. The van der Waals surface area contributed by atoms with E-state index >= 15 is 0 Å². The molecule has 26 heavy (non-hydrogen) atoms. The number of alkyl halides is 6. The number of hydrogen-bond donors (Lipinski definition) is 1. The molecule has 136 valence electrons. The molecule has 0 spiro atoms. The van der Waals surface area contributed by atoms with Gasteiger partial charge in [-0.2, -0.15) is 26.3 Å². The quantitative estimate of drug-likeness (QED) is 0.566. The molecule has 1 N–H and O–H groups in total. The number of carbonyl (C=O) groups is 1. The van der Waals surface area contributed by atoms with Gasteiger partial charge >= 0.3 is 12.4 Å². The summed E-state index contributed by atoms with van der Waals surface area (Å²) in [6.45, 7) is 1.71. The van der Waals surface area contributed by atoms with Crippen molar-refractivity contribution in [3.8, 4) is 12.3 Å². The van der Waals surface area contributed by atoms with Gasteiger partial charge in [0.25, 0.3) is 5.91 Å². The van der Waals surface area contributed by atoms with Crippen LogP contribution in [0.2, 0.25) is 0 Å². The van der Waals surface area contributed by atoms with Crippen LogP contribution in [0.25, 0.3) is 0 Å². The first-order valence-corrected chi connectivity index (χ1v) is 7.10. The molecule has 0 unspecified atom stereocenters. The van der Waals surface area contributed by atoms with Crippen LogP contribution in [0.3, 0.4) is 0 Å². The zero-order valence-corrected chi connectivity index (χ0v) is 13.2. The zero-order valence-electron chi connectivity index (χ0n) is 13.2. The van der Waals surface area contributed by atoms with Gasteiger partial charge in [0.1, 0.15) is 0 Å². The molecule has 8 heteroatoms. The lowest BCUT2D eigenvalue weighted by molar-refractivity contribution is -0.143. The third kappa shape index (κ3) is 4.36. The molecule has 0 fully saturated rings. The van der Waals surface area contributed by atoms with Gasteiger partial charge < -0.3 is 5.32 Å². The third-order valence-corrected chi connectivity index (χ3v) is 3.50. The Labute approximate surface area is 144 Å². The lowest BCUT2D eigenvalue weighted by atomic mass is 10.0. The molecule has 0 atom stereocenters. The fourth-order valence-electron chi connectivity index (χ4n) is 2.14. The Balaban J connectivity index is 2.44. The van der Waals surface area contributed by atoms with Gasteiger partial charge in [-0.15, -0.1) is 6.42 Å². The highest BCUT2D eigenvalue weighted by Crippen LogP contribution is 2.36. The number of halogens is 6. The highest BCUT2D eigenvalue weighted by molar-refractivity contribution is 6.04. The van der Waals surface area contributed by atoms with E-state index in [2.05, 4.69) is 11.2 Å². The van der Waals surface area contributed by atoms with Gasteiger partial charge in [-0.05, 0) is 42.8 Å². The molecule has 0 aliphatic heterocycles. The maximum absolute atomic E-state index is 12.8. The lowest BCUT2D eigenvalue weighted by Gasteiger charge is -2.14. The molecule has 0 aliphatic carbocycles. The summed E-state index contributed by atoms with van der Waals surface area (Å²) in [4.78, 5) is 12.2. The topological polar surface area (TPSA) is 29.1 Å². The molecule has 0 saturated heterocycles. The van der Waals surface area contributed by atoms with Crippen LogP contribution in [0, 0.1) is 19.3 Å². The van der Waals surface area contributed by atoms with E-state index in [1.807, 2.05) is 0 Å². The molecule has 0 aliphatic rings. The summed E-state index contributed by atoms with van der Waals surface area (Å²) in [5, 5.41) is 2.25. The van der Waals surface area contributed by atoms with Crippen molar-refractivity contribution in [2.24, 2.45) is 0 Å². The molecule has 0 heterocycles. The predicted octanol–water partition coefficient (Wildman–Crippen LogP) is 5.27. The third-order valence-electron chi connectivity index (χ3n) is 3.50. The fourth-order valence-corrected chi connectivity index (χ4v) is 2.14. The van der Waals surface area contributed by atoms with E-state index in [4.69, 9.17) is 6.42 Å². The van der Waals surface area contributed by atoms with E-state index in [1.165, 1.54) is 12.1 Å². The highest BCUT2D eigenvalue weighted by Gasteiger charge is 2.37. The minimum absolute atomic E-state index is 0.0426. The summed E-state index contributed by atoms with van der Waals surface area (Å²) < 4.78 is 77.1. The van der Waals surface area contributed by atoms with Crippen LogP contribution >= 0.6 is 0 Å². The Morgan fingerprint density at radius 1 is 0.962 bits per heavy atom. The Kier molecular flexibility index (Phi) is 5.03. The Morgan fingerprint density at radius 2 is 1.50 bits per heavy atom. The second-order valence-corrected chi connectivity index (χ2v) is 5.42. The second-order valence-electron chi connectivity index (χ2n) is 5.42. The van der Waals surface area contributed by atoms with E-state index in [0.29, 0.717) is 17.7 Å². The van der Waals surface area contributed by atoms with E-state index in [9.17, 15) is 31.1 Å². The number of benzene rings is 2. The van der Waals surface area contributed by atoms with E-state index in [0.717, 1.165) is 5.56 Å². The largest absolute Gasteiger partial charge is 0.416 e. The molecule has 0 radical (unpaired) electrons. The minimum Gasteiger partial charge on any atom is -0.322 e. The molecule has 0 bridgehead atoms. The number of hydrogen-bond acceptors (Lipinski definition) is 1. The molecule has 2 aromatic carbocycles. The van der Waals surface area contributed by atoms with Crippen molar-refractivity contribution in [1.29, 1.82) is 0 Å². The fraction of sp³-hybridized carbons (Fsp3) is 0.167. The number of nitrogens with one attached hydrogen (secondary N) is 1. The van der Waals surface area contributed by atoms with E-state index in [-0.39, 0.29) is 11.8 Å². The van der Waals surface area contributed by atoms with Crippen LogP contribution in [0.15, 0.2) is 36.4 Å². The Bertz CT molecular complexity index is 858. The summed E-state index contributed by atoms with van der Waals surface area (Å²) in [5.41, 5.74) is -2.59. The van der Waals surface area contributed by atoms with Crippen LogP contribution in [0.4, 0.5) is 32.0 Å². The maximum Gasteiger partial charge on any atom is 0.416 e. The van der Waals surface area contributed by atoms with Crippen molar-refractivity contribution >= 4 is 11.6 Å². The van der Waals surface area contributed by atoms with Gasteiger partial charge in [0, 0.05) is 16.8 Å². The second kappa shape index (κ2) is 6.75. The van der Waals surface area contributed by atoms with E-state index < -0.39 is 35.0 Å². The smallest absolute Gasteiger partial charge is 0.322 e. The van der Waals surface area contributed by atoms with Crippen molar-refractivity contribution in [1.82, 2.24) is 0 Å². The van der Waals surface area contributed by atoms with Gasteiger partial charge in [0.05, 0.1) is 11.1 Å². The number of terminal acetylenes is 1. The Morgan fingerprint density at radius 3 is 1.96 bits per heavy atom. The molecule has 2 nitrogen and oxygen atoms in total. The number of carbonyl (C=O) groups excluding carboxylic acids is 1. The molecule has 2 rings (SSSR count). The Hall–Kier alpha value is -2.95. The normalized spacial score (nSPS) is 11.8. The summed E-state index contributed by atoms with van der Waals surface area (Å²) in [7, 11) is 0. The van der Waals surface area contributed by atoms with Gasteiger partial charge in [-0.25, -0.2) is 0 Å². The first-order valence-electron chi connectivity index (χ1n) is 7.10. The predicted molar refractivity (Wildman–Crippen MR) is 83.5 cm³/mol. The molecular weight excluding hydrogens is 360 g/mol. The van der Waals surface area contributed by atoms with Crippen LogP contribution < -0.4 is 5.32 Å². The van der Waals surface area contributed by atoms with Crippen molar-refractivity contribution in [2.45, 2.75) is 19.3 Å². The zero-order chi connectivity index (χ0) is 19.7. The average Bonchev–Trinajstić information content (AvgIpc) is 2.54. The number of anilines is 1. The summed E-state index contributed by atoms with van der Waals surface area (Å²) in [6.07, 6.45) is -4.78. The average molecular weight is 371 g/mol. The van der Waals surface area contributed by atoms with Crippen molar-refractivity contribution in [2.75, 3.05) is 5.32 Å². The monoisotopic (exact) mass is 371 g/mol. The van der Waals surface area contributed by atoms with Crippen LogP contribution in [0.1, 0.15) is 32.6 Å². The van der Waals surface area contributed by atoms with Crippen LogP contribution in [-0.2, 0) is 12.4 Å². The van der Waals surface area contributed by atoms with Gasteiger partial charge in [-0.3, -0.25) is 4.79 Å².